The SMILES string of the molecule is [CH3][SnH]([CH3])[CH2]Cc1ccc(N2CCOCC2)cc1. The summed E-state index contributed by atoms with van der Waals surface area (Å²) in [7, 11) is 0. The summed E-state index contributed by atoms with van der Waals surface area (Å²) in [5.74, 6) is 0. The van der Waals surface area contributed by atoms with Crippen molar-refractivity contribution in [2.45, 2.75) is 20.7 Å². The van der Waals surface area contributed by atoms with E-state index < -0.39 is 19.8 Å². The van der Waals surface area contributed by atoms with Crippen molar-refractivity contribution < 1.29 is 4.74 Å². The van der Waals surface area contributed by atoms with E-state index in [0.29, 0.717) is 0 Å². The third-order valence-electron chi connectivity index (χ3n) is 3.32. The Morgan fingerprint density at radius 2 is 1.76 bits per heavy atom. The number of nitrogens with zero attached hydrogens (tertiary/aromatic N) is 1. The van der Waals surface area contributed by atoms with Crippen LogP contribution in [-0.2, 0) is 11.2 Å². The maximum atomic E-state index is 5.38. The van der Waals surface area contributed by atoms with Gasteiger partial charge in [0, 0.05) is 0 Å². The molecule has 0 atom stereocenters. The van der Waals surface area contributed by atoms with E-state index >= 15 is 0 Å². The first-order chi connectivity index (χ1) is 8.25. The fraction of sp³-hybridized carbons (Fsp3) is 0.571. The molecule has 0 bridgehead atoms. The van der Waals surface area contributed by atoms with Gasteiger partial charge in [0.1, 0.15) is 0 Å². The zero-order chi connectivity index (χ0) is 12.1. The van der Waals surface area contributed by atoms with Crippen LogP contribution in [0, 0.1) is 0 Å². The standard InChI is InChI=1S/C12H16NO.2CH3.Sn.H/c1-2-11-3-5-12(6-4-11)13-7-9-14-10-8-13;;;;/h3-6H,1-2,7-10H2;2*1H3;;. The topological polar surface area (TPSA) is 12.5 Å². The summed E-state index contributed by atoms with van der Waals surface area (Å²) in [6.45, 7) is 3.79. The molecular formula is C14H23NOSn. The van der Waals surface area contributed by atoms with Gasteiger partial charge >= 0.3 is 112 Å². The summed E-state index contributed by atoms with van der Waals surface area (Å²) in [4.78, 5) is 7.39. The fourth-order valence-electron chi connectivity index (χ4n) is 2.15. The minimum atomic E-state index is -1.02. The van der Waals surface area contributed by atoms with Crippen molar-refractivity contribution in [1.82, 2.24) is 0 Å². The Hall–Kier alpha value is -0.221. The van der Waals surface area contributed by atoms with Gasteiger partial charge < -0.3 is 0 Å². The summed E-state index contributed by atoms with van der Waals surface area (Å²) < 4.78 is 6.86. The van der Waals surface area contributed by atoms with Gasteiger partial charge in [0.25, 0.3) is 0 Å². The van der Waals surface area contributed by atoms with Crippen molar-refractivity contribution in [3.8, 4) is 0 Å². The van der Waals surface area contributed by atoms with Gasteiger partial charge in [0.05, 0.1) is 0 Å². The Labute approximate surface area is 112 Å². The predicted molar refractivity (Wildman–Crippen MR) is 76.9 cm³/mol. The van der Waals surface area contributed by atoms with Crippen LogP contribution < -0.4 is 4.90 Å². The normalized spacial score (nSPS) is 16.5. The number of benzene rings is 1. The number of hydrogen-bond donors (Lipinski definition) is 0. The number of ether oxygens (including phenoxy) is 1. The van der Waals surface area contributed by atoms with Crippen molar-refractivity contribution in [3.63, 3.8) is 0 Å². The zero-order valence-corrected chi connectivity index (χ0v) is 14.3. The second-order valence-electron chi connectivity index (χ2n) is 5.20. The molecule has 0 N–H and O–H groups in total. The molecule has 1 aromatic carbocycles. The van der Waals surface area contributed by atoms with Gasteiger partial charge in [-0.3, -0.25) is 0 Å². The Morgan fingerprint density at radius 3 is 2.35 bits per heavy atom. The first-order valence-electron chi connectivity index (χ1n) is 6.67. The molecule has 0 unspecified atom stereocenters. The van der Waals surface area contributed by atoms with Crippen LogP contribution >= 0.6 is 0 Å². The summed E-state index contributed by atoms with van der Waals surface area (Å²) in [6, 6.07) is 9.16. The van der Waals surface area contributed by atoms with Crippen LogP contribution in [-0.4, -0.2) is 46.1 Å². The molecule has 1 aliphatic rings. The molecule has 17 heavy (non-hydrogen) atoms. The van der Waals surface area contributed by atoms with Gasteiger partial charge in [-0.15, -0.1) is 0 Å². The first-order valence-corrected chi connectivity index (χ1v) is 15.6. The van der Waals surface area contributed by atoms with Crippen LogP contribution in [0.25, 0.3) is 0 Å². The third-order valence-corrected chi connectivity index (χ3v) is 7.44. The van der Waals surface area contributed by atoms with Gasteiger partial charge in [-0.05, 0) is 0 Å². The predicted octanol–water partition coefficient (Wildman–Crippen LogP) is 2.55. The third kappa shape index (κ3) is 4.18. The molecule has 0 amide bonds. The quantitative estimate of drug-likeness (QED) is 0.782. The van der Waals surface area contributed by atoms with Crippen LogP contribution in [0.1, 0.15) is 5.56 Å². The molecule has 1 aromatic rings. The number of rotatable bonds is 4. The summed E-state index contributed by atoms with van der Waals surface area (Å²) >= 11 is -1.02. The van der Waals surface area contributed by atoms with Crippen LogP contribution in [0.2, 0.25) is 14.3 Å². The first kappa shape index (κ1) is 13.2. The van der Waals surface area contributed by atoms with E-state index in [1.54, 1.807) is 0 Å². The number of morpholine rings is 1. The van der Waals surface area contributed by atoms with Crippen LogP contribution in [0.5, 0.6) is 0 Å². The van der Waals surface area contributed by atoms with Crippen molar-refractivity contribution in [3.05, 3.63) is 29.8 Å². The van der Waals surface area contributed by atoms with E-state index in [1.165, 1.54) is 22.1 Å². The van der Waals surface area contributed by atoms with E-state index in [2.05, 4.69) is 39.0 Å². The average molecular weight is 340 g/mol. The molecule has 0 spiro atoms. The summed E-state index contributed by atoms with van der Waals surface area (Å²) in [6.07, 6.45) is 1.29. The van der Waals surface area contributed by atoms with Crippen molar-refractivity contribution in [1.29, 1.82) is 0 Å². The molecule has 94 valence electrons. The van der Waals surface area contributed by atoms with E-state index in [4.69, 9.17) is 4.74 Å². The fourth-order valence-corrected chi connectivity index (χ4v) is 4.75. The molecule has 2 nitrogen and oxygen atoms in total. The molecule has 2 rings (SSSR count). The molecule has 0 saturated carbocycles. The molecule has 1 aliphatic heterocycles. The van der Waals surface area contributed by atoms with Crippen molar-refractivity contribution >= 4 is 25.4 Å². The van der Waals surface area contributed by atoms with Crippen LogP contribution in [0.15, 0.2) is 24.3 Å². The molecule has 3 heteroatoms. The maximum absolute atomic E-state index is 5.38. The molecule has 1 fully saturated rings. The van der Waals surface area contributed by atoms with E-state index in [1.807, 2.05) is 0 Å². The van der Waals surface area contributed by atoms with E-state index in [0.717, 1.165) is 26.3 Å². The molecule has 0 aromatic heterocycles. The van der Waals surface area contributed by atoms with Gasteiger partial charge in [-0.1, -0.05) is 0 Å². The molecule has 1 heterocycles. The van der Waals surface area contributed by atoms with Gasteiger partial charge in [-0.2, -0.15) is 0 Å². The van der Waals surface area contributed by atoms with E-state index in [9.17, 15) is 0 Å². The molecular weight excluding hydrogens is 317 g/mol. The van der Waals surface area contributed by atoms with Crippen molar-refractivity contribution in [2.24, 2.45) is 0 Å². The number of aryl methyl sites for hydroxylation is 1. The average Bonchev–Trinajstić information content (AvgIpc) is 2.38. The van der Waals surface area contributed by atoms with E-state index in [-0.39, 0.29) is 0 Å². The summed E-state index contributed by atoms with van der Waals surface area (Å²) in [5, 5.41) is 0. The second-order valence-corrected chi connectivity index (χ2v) is 14.8. The summed E-state index contributed by atoms with van der Waals surface area (Å²) in [5.41, 5.74) is 2.86. The Morgan fingerprint density at radius 1 is 1.12 bits per heavy atom. The Balaban J connectivity index is 1.92. The molecule has 0 radical (unpaired) electrons. The molecule has 1 saturated heterocycles. The monoisotopic (exact) mass is 341 g/mol. The zero-order valence-electron chi connectivity index (χ0n) is 11.0. The Bertz CT molecular complexity index is 331. The van der Waals surface area contributed by atoms with Gasteiger partial charge in [-0.25, -0.2) is 0 Å². The Kier molecular flexibility index (Phi) is 5.16. The number of anilines is 1. The molecule has 0 aliphatic carbocycles. The van der Waals surface area contributed by atoms with Crippen LogP contribution in [0.4, 0.5) is 5.69 Å². The van der Waals surface area contributed by atoms with Crippen molar-refractivity contribution in [2.75, 3.05) is 31.2 Å². The van der Waals surface area contributed by atoms with Crippen LogP contribution in [0.3, 0.4) is 0 Å². The van der Waals surface area contributed by atoms with Gasteiger partial charge in [0.15, 0.2) is 0 Å². The second kappa shape index (κ2) is 6.64. The van der Waals surface area contributed by atoms with Gasteiger partial charge in [0.2, 0.25) is 0 Å². The minimum absolute atomic E-state index is 0.865. The number of hydrogen-bond acceptors (Lipinski definition) is 2.